The van der Waals surface area contributed by atoms with Crippen LogP contribution in [-0.4, -0.2) is 24.0 Å². The standard InChI is InChI=1S/C13H18N2OS/c1-9-4-11(6-12(14)5-9)13(16)15-7-10-2-3-17-8-10/h4-6,10H,2-3,7-8,14H2,1H3,(H,15,16). The lowest BCUT2D eigenvalue weighted by molar-refractivity contribution is 0.0948. The van der Waals surface area contributed by atoms with Gasteiger partial charge < -0.3 is 11.1 Å². The van der Waals surface area contributed by atoms with Crippen molar-refractivity contribution in [1.82, 2.24) is 5.32 Å². The molecule has 2 rings (SSSR count). The Labute approximate surface area is 106 Å². The maximum atomic E-state index is 11.9. The van der Waals surface area contributed by atoms with Crippen LogP contribution in [0.2, 0.25) is 0 Å². The summed E-state index contributed by atoms with van der Waals surface area (Å²) in [6.07, 6.45) is 1.21. The molecular formula is C13H18N2OS. The lowest BCUT2D eigenvalue weighted by atomic mass is 10.1. The van der Waals surface area contributed by atoms with E-state index in [2.05, 4.69) is 5.32 Å². The van der Waals surface area contributed by atoms with E-state index in [1.807, 2.05) is 30.8 Å². The molecule has 1 aromatic rings. The molecule has 0 radical (unpaired) electrons. The molecule has 1 aliphatic rings. The maximum Gasteiger partial charge on any atom is 0.251 e. The van der Waals surface area contributed by atoms with Crippen LogP contribution in [0, 0.1) is 12.8 Å². The van der Waals surface area contributed by atoms with E-state index in [1.54, 1.807) is 6.07 Å². The van der Waals surface area contributed by atoms with Crippen molar-refractivity contribution in [2.24, 2.45) is 5.92 Å². The Morgan fingerprint density at radius 3 is 3.00 bits per heavy atom. The van der Waals surface area contributed by atoms with Crippen molar-refractivity contribution in [1.29, 1.82) is 0 Å². The number of nitrogens with one attached hydrogen (secondary N) is 1. The summed E-state index contributed by atoms with van der Waals surface area (Å²) in [6, 6.07) is 5.46. The number of benzene rings is 1. The number of aryl methyl sites for hydroxylation is 1. The highest BCUT2D eigenvalue weighted by molar-refractivity contribution is 7.99. The molecule has 1 aromatic carbocycles. The number of thioether (sulfide) groups is 1. The van der Waals surface area contributed by atoms with Gasteiger partial charge in [-0.3, -0.25) is 4.79 Å². The molecule has 1 atom stereocenters. The molecule has 1 heterocycles. The molecule has 4 heteroatoms. The zero-order chi connectivity index (χ0) is 12.3. The first kappa shape index (κ1) is 12.3. The van der Waals surface area contributed by atoms with Crippen LogP contribution in [0.3, 0.4) is 0 Å². The summed E-state index contributed by atoms with van der Waals surface area (Å²) >= 11 is 1.96. The summed E-state index contributed by atoms with van der Waals surface area (Å²) in [5, 5.41) is 2.99. The van der Waals surface area contributed by atoms with Crippen molar-refractivity contribution in [2.45, 2.75) is 13.3 Å². The highest BCUT2D eigenvalue weighted by Crippen LogP contribution is 2.22. The third-order valence-electron chi connectivity index (χ3n) is 2.94. The van der Waals surface area contributed by atoms with E-state index in [4.69, 9.17) is 5.73 Å². The Kier molecular flexibility index (Phi) is 3.94. The molecule has 1 aliphatic heterocycles. The molecule has 0 bridgehead atoms. The van der Waals surface area contributed by atoms with Gasteiger partial charge >= 0.3 is 0 Å². The Balaban J connectivity index is 1.94. The van der Waals surface area contributed by atoms with Crippen molar-refractivity contribution < 1.29 is 4.79 Å². The molecule has 1 unspecified atom stereocenters. The molecule has 0 saturated carbocycles. The van der Waals surface area contributed by atoms with Gasteiger partial charge in [-0.1, -0.05) is 0 Å². The molecule has 0 spiro atoms. The average molecular weight is 250 g/mol. The van der Waals surface area contributed by atoms with E-state index in [1.165, 1.54) is 12.2 Å². The minimum absolute atomic E-state index is 0.0164. The molecule has 0 aliphatic carbocycles. The second kappa shape index (κ2) is 5.45. The third kappa shape index (κ3) is 3.40. The molecule has 1 amide bonds. The SMILES string of the molecule is Cc1cc(N)cc(C(=O)NCC2CCSC2)c1. The molecule has 3 N–H and O–H groups in total. The number of hydrogen-bond donors (Lipinski definition) is 2. The topological polar surface area (TPSA) is 55.1 Å². The Bertz CT molecular complexity index is 394. The van der Waals surface area contributed by atoms with E-state index < -0.39 is 0 Å². The quantitative estimate of drug-likeness (QED) is 0.807. The fourth-order valence-electron chi connectivity index (χ4n) is 2.03. The van der Waals surface area contributed by atoms with Crippen LogP contribution in [0.25, 0.3) is 0 Å². The van der Waals surface area contributed by atoms with Gasteiger partial charge in [0.05, 0.1) is 0 Å². The van der Waals surface area contributed by atoms with Crippen molar-refractivity contribution in [3.63, 3.8) is 0 Å². The van der Waals surface area contributed by atoms with Crippen molar-refractivity contribution in [3.8, 4) is 0 Å². The lowest BCUT2D eigenvalue weighted by Gasteiger charge is -2.10. The van der Waals surface area contributed by atoms with Crippen LogP contribution < -0.4 is 11.1 Å². The zero-order valence-corrected chi connectivity index (χ0v) is 10.8. The van der Waals surface area contributed by atoms with Crippen molar-refractivity contribution in [3.05, 3.63) is 29.3 Å². The van der Waals surface area contributed by atoms with Crippen LogP contribution in [0.15, 0.2) is 18.2 Å². The van der Waals surface area contributed by atoms with Gasteiger partial charge in [-0.2, -0.15) is 11.8 Å². The number of anilines is 1. The van der Waals surface area contributed by atoms with Crippen LogP contribution >= 0.6 is 11.8 Å². The lowest BCUT2D eigenvalue weighted by Crippen LogP contribution is -2.29. The van der Waals surface area contributed by atoms with Crippen LogP contribution in [0.1, 0.15) is 22.3 Å². The summed E-state index contributed by atoms with van der Waals surface area (Å²) in [6.45, 7) is 2.72. The Hall–Kier alpha value is -1.16. The van der Waals surface area contributed by atoms with Gasteiger partial charge in [0.15, 0.2) is 0 Å². The maximum absolute atomic E-state index is 11.9. The number of rotatable bonds is 3. The number of nitrogen functional groups attached to an aromatic ring is 1. The third-order valence-corrected chi connectivity index (χ3v) is 4.17. The Morgan fingerprint density at radius 2 is 2.35 bits per heavy atom. The number of carbonyl (C=O) groups is 1. The molecule has 92 valence electrons. The second-order valence-corrected chi connectivity index (χ2v) is 5.72. The largest absolute Gasteiger partial charge is 0.399 e. The first-order valence-corrected chi connectivity index (χ1v) is 7.04. The summed E-state index contributed by atoms with van der Waals surface area (Å²) in [5.74, 6) is 3.00. The zero-order valence-electron chi connectivity index (χ0n) is 10.0. The van der Waals surface area contributed by atoms with Gasteiger partial charge in [0.1, 0.15) is 0 Å². The molecular weight excluding hydrogens is 232 g/mol. The number of amides is 1. The van der Waals surface area contributed by atoms with Crippen molar-refractivity contribution in [2.75, 3.05) is 23.8 Å². The summed E-state index contributed by atoms with van der Waals surface area (Å²) in [5.41, 5.74) is 8.06. The van der Waals surface area contributed by atoms with E-state index in [-0.39, 0.29) is 5.91 Å². The number of nitrogens with two attached hydrogens (primary N) is 1. The Morgan fingerprint density at radius 1 is 1.53 bits per heavy atom. The average Bonchev–Trinajstić information content (AvgIpc) is 2.77. The smallest absolute Gasteiger partial charge is 0.251 e. The van der Waals surface area contributed by atoms with Gasteiger partial charge in [-0.05, 0) is 54.5 Å². The number of carbonyl (C=O) groups excluding carboxylic acids is 1. The van der Waals surface area contributed by atoms with Gasteiger partial charge in [0.2, 0.25) is 0 Å². The highest BCUT2D eigenvalue weighted by atomic mass is 32.2. The second-order valence-electron chi connectivity index (χ2n) is 4.57. The predicted octanol–water partition coefficient (Wildman–Crippen LogP) is 2.06. The van der Waals surface area contributed by atoms with Crippen LogP contribution in [0.5, 0.6) is 0 Å². The predicted molar refractivity (Wildman–Crippen MR) is 73.4 cm³/mol. The van der Waals surface area contributed by atoms with E-state index in [0.29, 0.717) is 17.2 Å². The van der Waals surface area contributed by atoms with Gasteiger partial charge in [-0.15, -0.1) is 0 Å². The summed E-state index contributed by atoms with van der Waals surface area (Å²) < 4.78 is 0. The molecule has 17 heavy (non-hydrogen) atoms. The molecule has 3 nitrogen and oxygen atoms in total. The van der Waals surface area contributed by atoms with Crippen LogP contribution in [0.4, 0.5) is 5.69 Å². The number of hydrogen-bond acceptors (Lipinski definition) is 3. The minimum Gasteiger partial charge on any atom is -0.399 e. The van der Waals surface area contributed by atoms with E-state index in [0.717, 1.165) is 17.9 Å². The normalized spacial score (nSPS) is 19.2. The fraction of sp³-hybridized carbons (Fsp3) is 0.462. The molecule has 0 aromatic heterocycles. The van der Waals surface area contributed by atoms with Gasteiger partial charge in [0, 0.05) is 17.8 Å². The minimum atomic E-state index is -0.0164. The fourth-order valence-corrected chi connectivity index (χ4v) is 3.31. The molecule has 1 fully saturated rings. The first-order chi connectivity index (χ1) is 8.15. The van der Waals surface area contributed by atoms with Gasteiger partial charge in [-0.25, -0.2) is 0 Å². The van der Waals surface area contributed by atoms with Crippen LogP contribution in [-0.2, 0) is 0 Å². The first-order valence-electron chi connectivity index (χ1n) is 5.88. The monoisotopic (exact) mass is 250 g/mol. The highest BCUT2D eigenvalue weighted by Gasteiger charge is 2.16. The van der Waals surface area contributed by atoms with Gasteiger partial charge in [0.25, 0.3) is 5.91 Å². The van der Waals surface area contributed by atoms with E-state index in [9.17, 15) is 4.79 Å². The summed E-state index contributed by atoms with van der Waals surface area (Å²) in [7, 11) is 0. The van der Waals surface area contributed by atoms with E-state index >= 15 is 0 Å². The van der Waals surface area contributed by atoms with Crippen molar-refractivity contribution >= 4 is 23.4 Å². The molecule has 1 saturated heterocycles. The summed E-state index contributed by atoms with van der Waals surface area (Å²) in [4.78, 5) is 11.9.